The summed E-state index contributed by atoms with van der Waals surface area (Å²) in [7, 11) is 0. The molecule has 0 aliphatic heterocycles. The van der Waals surface area contributed by atoms with Gasteiger partial charge < -0.3 is 16.0 Å². The van der Waals surface area contributed by atoms with Gasteiger partial charge in [-0.05, 0) is 0 Å². The van der Waals surface area contributed by atoms with Crippen LogP contribution in [0.3, 0.4) is 0 Å². The zero-order valence-corrected chi connectivity index (χ0v) is 3.59. The molecule has 4 N–H and O–H groups in total. The lowest BCUT2D eigenvalue weighted by Gasteiger charge is -1.77. The van der Waals surface area contributed by atoms with Gasteiger partial charge in [-0.15, -0.1) is 0 Å². The summed E-state index contributed by atoms with van der Waals surface area (Å²) >= 11 is 0. The van der Waals surface area contributed by atoms with Gasteiger partial charge in [-0.1, -0.05) is 5.16 Å². The van der Waals surface area contributed by atoms with E-state index in [1.807, 2.05) is 0 Å². The predicted octanol–water partition coefficient (Wildman–Crippen LogP) is -0.161. The number of hydrogen-bond acceptors (Lipinski definition) is 4. The van der Waals surface area contributed by atoms with E-state index in [0.717, 1.165) is 0 Å². The second-order valence-electron chi connectivity index (χ2n) is 1.15. The van der Waals surface area contributed by atoms with Crippen molar-refractivity contribution in [3.63, 3.8) is 0 Å². The molecule has 4 nitrogen and oxygen atoms in total. The smallest absolute Gasteiger partial charge is 0.245 e. The van der Waals surface area contributed by atoms with Crippen molar-refractivity contribution >= 4 is 11.6 Å². The molecular formula is C3H5N3O. The summed E-state index contributed by atoms with van der Waals surface area (Å²) in [4.78, 5) is 0. The molecule has 1 heterocycles. The molecule has 1 aromatic heterocycles. The number of nitrogens with two attached hydrogens (primary N) is 2. The highest BCUT2D eigenvalue weighted by atomic mass is 16.5. The number of anilines is 2. The maximum absolute atomic E-state index is 5.16. The minimum Gasteiger partial charge on any atom is -0.393 e. The lowest BCUT2D eigenvalue weighted by Crippen LogP contribution is -1.87. The third kappa shape index (κ3) is 0.489. The Morgan fingerprint density at radius 2 is 2.29 bits per heavy atom. The fraction of sp³-hybridized carbons (Fsp3) is 0. The first-order valence-electron chi connectivity index (χ1n) is 1.76. The van der Waals surface area contributed by atoms with Crippen LogP contribution in [0.2, 0.25) is 0 Å². The summed E-state index contributed by atoms with van der Waals surface area (Å²) in [5, 5.41) is 3.30. The Balaban J connectivity index is 3.12. The molecule has 4 heteroatoms. The summed E-state index contributed by atoms with van der Waals surface area (Å²) in [5.74, 6) is 0.181. The van der Waals surface area contributed by atoms with Crippen LogP contribution in [0.4, 0.5) is 11.6 Å². The van der Waals surface area contributed by atoms with Crippen molar-refractivity contribution in [1.29, 1.82) is 0 Å². The topological polar surface area (TPSA) is 78.1 Å². The Hall–Kier alpha value is -1.19. The number of hydrogen-bond donors (Lipinski definition) is 2. The predicted molar refractivity (Wildman–Crippen MR) is 25.3 cm³/mol. The molecule has 0 radical (unpaired) electrons. The first-order valence-corrected chi connectivity index (χ1v) is 1.76. The van der Waals surface area contributed by atoms with Crippen LogP contribution < -0.4 is 11.5 Å². The van der Waals surface area contributed by atoms with Crippen molar-refractivity contribution in [2.45, 2.75) is 0 Å². The van der Waals surface area contributed by atoms with E-state index in [-0.39, 0.29) is 5.88 Å². The lowest BCUT2D eigenvalue weighted by atomic mass is 10.6. The largest absolute Gasteiger partial charge is 0.393 e. The van der Waals surface area contributed by atoms with Crippen LogP contribution in [0.25, 0.3) is 0 Å². The lowest BCUT2D eigenvalue weighted by molar-refractivity contribution is 0.437. The molecule has 0 aromatic carbocycles. The highest BCUT2D eigenvalue weighted by Gasteiger charge is 1.93. The van der Waals surface area contributed by atoms with Gasteiger partial charge in [-0.25, -0.2) is 0 Å². The quantitative estimate of drug-likeness (QED) is 0.473. The van der Waals surface area contributed by atoms with Crippen LogP contribution in [0, 0.1) is 0 Å². The van der Waals surface area contributed by atoms with Crippen LogP contribution in [-0.2, 0) is 0 Å². The highest BCUT2D eigenvalue weighted by Crippen LogP contribution is 2.09. The molecule has 0 fully saturated rings. The SMILES string of the molecule is Nc1cnoc1N. The fourth-order valence-electron chi connectivity index (χ4n) is 0.256. The third-order valence-electron chi connectivity index (χ3n) is 0.627. The first-order chi connectivity index (χ1) is 3.30. The Morgan fingerprint density at radius 3 is 2.43 bits per heavy atom. The van der Waals surface area contributed by atoms with E-state index in [1.54, 1.807) is 0 Å². The summed E-state index contributed by atoms with van der Waals surface area (Å²) in [6, 6.07) is 0. The van der Waals surface area contributed by atoms with E-state index in [0.29, 0.717) is 5.69 Å². The van der Waals surface area contributed by atoms with Gasteiger partial charge >= 0.3 is 0 Å². The van der Waals surface area contributed by atoms with E-state index in [4.69, 9.17) is 11.5 Å². The molecular weight excluding hydrogens is 94.1 g/mol. The molecule has 0 spiro atoms. The summed E-state index contributed by atoms with van der Waals surface area (Å²) in [5.41, 5.74) is 10.6. The normalized spacial score (nSPS) is 9.14. The number of rotatable bonds is 0. The second kappa shape index (κ2) is 1.14. The molecule has 38 valence electrons. The zero-order valence-electron chi connectivity index (χ0n) is 3.59. The van der Waals surface area contributed by atoms with E-state index < -0.39 is 0 Å². The third-order valence-corrected chi connectivity index (χ3v) is 0.627. The Bertz CT molecular complexity index is 142. The number of nitrogens with zero attached hydrogens (tertiary/aromatic N) is 1. The zero-order chi connectivity index (χ0) is 5.28. The van der Waals surface area contributed by atoms with Gasteiger partial charge in [-0.3, -0.25) is 0 Å². The van der Waals surface area contributed by atoms with Crippen LogP contribution in [0.5, 0.6) is 0 Å². The molecule has 1 aromatic rings. The van der Waals surface area contributed by atoms with E-state index >= 15 is 0 Å². The minimum absolute atomic E-state index is 0.181. The maximum Gasteiger partial charge on any atom is 0.245 e. The Labute approximate surface area is 40.1 Å². The van der Waals surface area contributed by atoms with Gasteiger partial charge in [-0.2, -0.15) is 0 Å². The minimum atomic E-state index is 0.181. The van der Waals surface area contributed by atoms with Crippen molar-refractivity contribution in [2.75, 3.05) is 11.5 Å². The average Bonchev–Trinajstić information content (AvgIpc) is 1.91. The molecule has 0 atom stereocenters. The maximum atomic E-state index is 5.16. The second-order valence-corrected chi connectivity index (χ2v) is 1.15. The van der Waals surface area contributed by atoms with Crippen molar-refractivity contribution in [3.05, 3.63) is 6.20 Å². The fourth-order valence-corrected chi connectivity index (χ4v) is 0.256. The standard InChI is InChI=1S/C3H5N3O/c4-2-1-6-7-3(2)5/h1H,4-5H2. The van der Waals surface area contributed by atoms with Crippen molar-refractivity contribution in [1.82, 2.24) is 5.16 Å². The van der Waals surface area contributed by atoms with Crippen molar-refractivity contribution in [3.8, 4) is 0 Å². The van der Waals surface area contributed by atoms with Crippen LogP contribution in [0.15, 0.2) is 10.7 Å². The molecule has 0 aliphatic carbocycles. The van der Waals surface area contributed by atoms with Gasteiger partial charge in [0.05, 0.1) is 6.20 Å². The van der Waals surface area contributed by atoms with Gasteiger partial charge in [0.15, 0.2) is 0 Å². The van der Waals surface area contributed by atoms with Crippen LogP contribution in [-0.4, -0.2) is 5.16 Å². The van der Waals surface area contributed by atoms with Crippen LogP contribution >= 0.6 is 0 Å². The van der Waals surface area contributed by atoms with Crippen LogP contribution in [0.1, 0.15) is 0 Å². The Morgan fingerprint density at radius 1 is 1.57 bits per heavy atom. The van der Waals surface area contributed by atoms with Gasteiger partial charge in [0, 0.05) is 0 Å². The van der Waals surface area contributed by atoms with Gasteiger partial charge in [0.1, 0.15) is 5.69 Å². The molecule has 0 unspecified atom stereocenters. The van der Waals surface area contributed by atoms with E-state index in [1.165, 1.54) is 6.20 Å². The summed E-state index contributed by atoms with van der Waals surface area (Å²) in [6.45, 7) is 0. The number of nitrogen functional groups attached to an aromatic ring is 2. The molecule has 0 saturated heterocycles. The monoisotopic (exact) mass is 99.0 g/mol. The summed E-state index contributed by atoms with van der Waals surface area (Å²) < 4.78 is 4.37. The summed E-state index contributed by atoms with van der Waals surface area (Å²) in [6.07, 6.45) is 1.36. The molecule has 0 saturated carbocycles. The highest BCUT2D eigenvalue weighted by molar-refractivity contribution is 5.53. The van der Waals surface area contributed by atoms with Gasteiger partial charge in [0.2, 0.25) is 5.88 Å². The van der Waals surface area contributed by atoms with E-state index in [2.05, 4.69) is 9.68 Å². The van der Waals surface area contributed by atoms with Crippen molar-refractivity contribution in [2.24, 2.45) is 0 Å². The van der Waals surface area contributed by atoms with Crippen molar-refractivity contribution < 1.29 is 4.52 Å². The first kappa shape index (κ1) is 3.98. The molecule has 7 heavy (non-hydrogen) atoms. The van der Waals surface area contributed by atoms with E-state index in [9.17, 15) is 0 Å². The molecule has 0 aliphatic rings. The molecule has 0 bridgehead atoms. The van der Waals surface area contributed by atoms with Gasteiger partial charge in [0.25, 0.3) is 0 Å². The average molecular weight is 99.1 g/mol. The Kier molecular flexibility index (Phi) is 0.651. The number of aromatic nitrogens is 1. The molecule has 0 amide bonds. The molecule has 1 rings (SSSR count).